The molecule has 0 saturated carbocycles. The SMILES string of the molecule is CCc1ccc(NC(=O)CC2CSc3ncc(C)c(=O)n32)cc1. The Morgan fingerprint density at radius 3 is 2.83 bits per heavy atom. The smallest absolute Gasteiger partial charge is 0.257 e. The standard InChI is InChI=1S/C17H19N3O2S/c1-3-12-4-6-13(7-5-12)19-15(21)8-14-10-23-17-18-9-11(2)16(22)20(14)17/h4-7,9,14H,3,8,10H2,1-2H3,(H,19,21). The van der Waals surface area contributed by atoms with Crippen LogP contribution < -0.4 is 10.9 Å². The number of nitrogens with one attached hydrogen (secondary N) is 1. The quantitative estimate of drug-likeness (QED) is 0.876. The number of hydrogen-bond acceptors (Lipinski definition) is 4. The van der Waals surface area contributed by atoms with Gasteiger partial charge in [-0.2, -0.15) is 0 Å². The molecule has 3 rings (SSSR count). The lowest BCUT2D eigenvalue weighted by Crippen LogP contribution is -2.28. The molecule has 1 atom stereocenters. The molecule has 0 radical (unpaired) electrons. The van der Waals surface area contributed by atoms with Crippen LogP contribution in [0, 0.1) is 6.92 Å². The molecule has 0 bridgehead atoms. The van der Waals surface area contributed by atoms with Crippen molar-refractivity contribution in [2.45, 2.75) is 37.9 Å². The first kappa shape index (κ1) is 15.8. The highest BCUT2D eigenvalue weighted by molar-refractivity contribution is 7.99. The molecule has 0 aliphatic carbocycles. The third-order valence-corrected chi connectivity index (χ3v) is 5.08. The topological polar surface area (TPSA) is 64.0 Å². The minimum Gasteiger partial charge on any atom is -0.326 e. The van der Waals surface area contributed by atoms with Crippen molar-refractivity contribution in [1.82, 2.24) is 9.55 Å². The lowest BCUT2D eigenvalue weighted by atomic mass is 10.1. The summed E-state index contributed by atoms with van der Waals surface area (Å²) < 4.78 is 1.65. The molecule has 2 aromatic rings. The Kier molecular flexibility index (Phi) is 4.52. The number of aryl methyl sites for hydroxylation is 2. The van der Waals surface area contributed by atoms with Crippen LogP contribution in [0.2, 0.25) is 0 Å². The largest absolute Gasteiger partial charge is 0.326 e. The van der Waals surface area contributed by atoms with E-state index in [1.807, 2.05) is 24.3 Å². The maximum Gasteiger partial charge on any atom is 0.257 e. The Balaban J connectivity index is 1.70. The summed E-state index contributed by atoms with van der Waals surface area (Å²) in [4.78, 5) is 28.8. The van der Waals surface area contributed by atoms with Crippen LogP contribution in [0.4, 0.5) is 5.69 Å². The van der Waals surface area contributed by atoms with E-state index in [0.717, 1.165) is 12.1 Å². The predicted molar refractivity (Wildman–Crippen MR) is 92.1 cm³/mol. The number of rotatable bonds is 4. The average Bonchev–Trinajstić information content (AvgIpc) is 2.95. The van der Waals surface area contributed by atoms with E-state index in [9.17, 15) is 9.59 Å². The third-order valence-electron chi connectivity index (χ3n) is 3.97. The van der Waals surface area contributed by atoms with Gasteiger partial charge in [-0.15, -0.1) is 0 Å². The number of anilines is 1. The van der Waals surface area contributed by atoms with Gasteiger partial charge in [0.15, 0.2) is 5.16 Å². The first-order valence-corrected chi connectivity index (χ1v) is 8.66. The van der Waals surface area contributed by atoms with Crippen molar-refractivity contribution in [2.24, 2.45) is 0 Å². The molecule has 1 aromatic carbocycles. The van der Waals surface area contributed by atoms with Gasteiger partial charge in [-0.05, 0) is 31.0 Å². The first-order valence-electron chi connectivity index (χ1n) is 7.68. The van der Waals surface area contributed by atoms with E-state index in [0.29, 0.717) is 16.5 Å². The Morgan fingerprint density at radius 1 is 1.39 bits per heavy atom. The van der Waals surface area contributed by atoms with E-state index in [1.54, 1.807) is 17.7 Å². The number of nitrogens with zero attached hydrogens (tertiary/aromatic N) is 2. The van der Waals surface area contributed by atoms with Gasteiger partial charge in [0.25, 0.3) is 5.56 Å². The van der Waals surface area contributed by atoms with Crippen LogP contribution in [-0.4, -0.2) is 21.2 Å². The number of hydrogen-bond donors (Lipinski definition) is 1. The Morgan fingerprint density at radius 2 is 2.13 bits per heavy atom. The molecule has 120 valence electrons. The number of fused-ring (bicyclic) bond motifs is 1. The fourth-order valence-corrected chi connectivity index (χ4v) is 3.73. The second-order valence-electron chi connectivity index (χ2n) is 5.67. The van der Waals surface area contributed by atoms with Crippen LogP contribution in [0.25, 0.3) is 0 Å². The van der Waals surface area contributed by atoms with Crippen LogP contribution in [0.5, 0.6) is 0 Å². The molecule has 23 heavy (non-hydrogen) atoms. The monoisotopic (exact) mass is 329 g/mol. The molecule has 1 amide bonds. The second kappa shape index (κ2) is 6.58. The molecule has 1 aliphatic heterocycles. The van der Waals surface area contributed by atoms with Crippen LogP contribution in [-0.2, 0) is 11.2 Å². The van der Waals surface area contributed by atoms with Crippen LogP contribution >= 0.6 is 11.8 Å². The van der Waals surface area contributed by atoms with Gasteiger partial charge >= 0.3 is 0 Å². The molecule has 2 heterocycles. The average molecular weight is 329 g/mol. The van der Waals surface area contributed by atoms with Crippen LogP contribution in [0.1, 0.15) is 30.5 Å². The zero-order valence-electron chi connectivity index (χ0n) is 13.2. The Bertz CT molecular complexity index is 783. The van der Waals surface area contributed by atoms with Gasteiger partial charge in [-0.25, -0.2) is 4.98 Å². The summed E-state index contributed by atoms with van der Waals surface area (Å²) in [5, 5.41) is 3.60. The molecule has 6 heteroatoms. The fourth-order valence-electron chi connectivity index (χ4n) is 2.62. The maximum absolute atomic E-state index is 12.3. The molecule has 1 aliphatic rings. The van der Waals surface area contributed by atoms with Gasteiger partial charge in [0, 0.05) is 29.6 Å². The molecule has 0 spiro atoms. The van der Waals surface area contributed by atoms with Crippen molar-refractivity contribution in [2.75, 3.05) is 11.1 Å². The number of amides is 1. The summed E-state index contributed by atoms with van der Waals surface area (Å²) >= 11 is 1.52. The summed E-state index contributed by atoms with van der Waals surface area (Å²) in [6.45, 7) is 3.84. The first-order chi connectivity index (χ1) is 11.1. The predicted octanol–water partition coefficient (Wildman–Crippen LogP) is 2.79. The van der Waals surface area contributed by atoms with E-state index in [2.05, 4.69) is 17.2 Å². The highest BCUT2D eigenvalue weighted by atomic mass is 32.2. The van der Waals surface area contributed by atoms with E-state index < -0.39 is 0 Å². The number of carbonyl (C=O) groups is 1. The minimum absolute atomic E-state index is 0.0508. The normalized spacial score (nSPS) is 16.2. The molecule has 1 aromatic heterocycles. The summed E-state index contributed by atoms with van der Waals surface area (Å²) in [6, 6.07) is 7.70. The van der Waals surface area contributed by atoms with Crippen molar-refractivity contribution in [3.8, 4) is 0 Å². The van der Waals surface area contributed by atoms with Gasteiger partial charge in [0.1, 0.15) is 0 Å². The number of aromatic nitrogens is 2. The van der Waals surface area contributed by atoms with E-state index >= 15 is 0 Å². The van der Waals surface area contributed by atoms with Gasteiger partial charge in [0.05, 0.1) is 6.04 Å². The van der Waals surface area contributed by atoms with Gasteiger partial charge in [-0.1, -0.05) is 30.8 Å². The van der Waals surface area contributed by atoms with E-state index in [1.165, 1.54) is 17.3 Å². The van der Waals surface area contributed by atoms with Gasteiger partial charge < -0.3 is 5.32 Å². The summed E-state index contributed by atoms with van der Waals surface area (Å²) in [5.74, 6) is 0.620. The third kappa shape index (κ3) is 3.32. The molecule has 0 fully saturated rings. The lowest BCUT2D eigenvalue weighted by Gasteiger charge is -2.13. The lowest BCUT2D eigenvalue weighted by molar-refractivity contribution is -0.116. The Hall–Kier alpha value is -2.08. The van der Waals surface area contributed by atoms with Crippen molar-refractivity contribution in [1.29, 1.82) is 0 Å². The van der Waals surface area contributed by atoms with Crippen LogP contribution in [0.15, 0.2) is 40.4 Å². The molecule has 1 N–H and O–H groups in total. The number of thioether (sulfide) groups is 1. The molecule has 0 saturated heterocycles. The van der Waals surface area contributed by atoms with Crippen molar-refractivity contribution in [3.63, 3.8) is 0 Å². The highest BCUT2D eigenvalue weighted by Crippen LogP contribution is 2.32. The minimum atomic E-state index is -0.134. The second-order valence-corrected chi connectivity index (χ2v) is 6.65. The molecular formula is C17H19N3O2S. The number of carbonyl (C=O) groups excluding carboxylic acids is 1. The van der Waals surface area contributed by atoms with Crippen molar-refractivity contribution < 1.29 is 4.79 Å². The zero-order valence-corrected chi connectivity index (χ0v) is 14.0. The number of benzene rings is 1. The van der Waals surface area contributed by atoms with Crippen molar-refractivity contribution >= 4 is 23.4 Å². The highest BCUT2D eigenvalue weighted by Gasteiger charge is 2.27. The summed E-state index contributed by atoms with van der Waals surface area (Å²) in [5.41, 5.74) is 2.58. The molecular weight excluding hydrogens is 310 g/mol. The van der Waals surface area contributed by atoms with E-state index in [4.69, 9.17) is 0 Å². The van der Waals surface area contributed by atoms with Gasteiger partial charge in [-0.3, -0.25) is 14.2 Å². The Labute approximate surface area is 139 Å². The summed E-state index contributed by atoms with van der Waals surface area (Å²) in [7, 11) is 0. The molecule has 1 unspecified atom stereocenters. The molecule has 5 nitrogen and oxygen atoms in total. The van der Waals surface area contributed by atoms with Gasteiger partial charge in [0.2, 0.25) is 5.91 Å². The van der Waals surface area contributed by atoms with Crippen LogP contribution in [0.3, 0.4) is 0 Å². The maximum atomic E-state index is 12.3. The summed E-state index contributed by atoms with van der Waals surface area (Å²) in [6.07, 6.45) is 2.85. The van der Waals surface area contributed by atoms with Crippen molar-refractivity contribution in [3.05, 3.63) is 51.9 Å². The van der Waals surface area contributed by atoms with E-state index in [-0.39, 0.29) is 23.9 Å². The fraction of sp³-hybridized carbons (Fsp3) is 0.353. The zero-order chi connectivity index (χ0) is 16.4.